The number of hydrogen-bond acceptors (Lipinski definition) is 3. The first-order chi connectivity index (χ1) is 10.1. The SMILES string of the molecule is Cc1occc1C(=O)NNC(=O)/C=C/c1ccc(F)cc1. The molecule has 5 nitrogen and oxygen atoms in total. The molecule has 0 unspecified atom stereocenters. The molecule has 1 heterocycles. The quantitative estimate of drug-likeness (QED) is 0.672. The van der Waals surface area contributed by atoms with E-state index in [0.29, 0.717) is 16.9 Å². The van der Waals surface area contributed by atoms with Crippen LogP contribution in [0, 0.1) is 12.7 Å². The van der Waals surface area contributed by atoms with Gasteiger partial charge in [0.1, 0.15) is 11.6 Å². The van der Waals surface area contributed by atoms with Gasteiger partial charge in [0, 0.05) is 6.08 Å². The summed E-state index contributed by atoms with van der Waals surface area (Å²) in [5.41, 5.74) is 5.52. The monoisotopic (exact) mass is 288 g/mol. The highest BCUT2D eigenvalue weighted by Gasteiger charge is 2.11. The van der Waals surface area contributed by atoms with E-state index in [0.717, 1.165) is 0 Å². The molecule has 2 N–H and O–H groups in total. The number of benzene rings is 1. The highest BCUT2D eigenvalue weighted by atomic mass is 19.1. The minimum absolute atomic E-state index is 0.345. The van der Waals surface area contributed by atoms with Crippen LogP contribution in [0.15, 0.2) is 47.1 Å². The summed E-state index contributed by atoms with van der Waals surface area (Å²) in [6, 6.07) is 7.16. The second-order valence-corrected chi connectivity index (χ2v) is 4.22. The summed E-state index contributed by atoms with van der Waals surface area (Å²) in [6.07, 6.45) is 4.13. The second-order valence-electron chi connectivity index (χ2n) is 4.22. The fourth-order valence-electron chi connectivity index (χ4n) is 1.59. The van der Waals surface area contributed by atoms with E-state index in [1.807, 2.05) is 0 Å². The molecule has 0 atom stereocenters. The molecule has 0 saturated carbocycles. The Morgan fingerprint density at radius 3 is 2.48 bits per heavy atom. The lowest BCUT2D eigenvalue weighted by atomic mass is 10.2. The summed E-state index contributed by atoms with van der Waals surface area (Å²) >= 11 is 0. The molecule has 0 aliphatic rings. The zero-order valence-corrected chi connectivity index (χ0v) is 11.2. The molecule has 0 aliphatic carbocycles. The van der Waals surface area contributed by atoms with Gasteiger partial charge in [-0.2, -0.15) is 0 Å². The van der Waals surface area contributed by atoms with Gasteiger partial charge in [0.05, 0.1) is 11.8 Å². The first-order valence-electron chi connectivity index (χ1n) is 6.14. The molecule has 2 rings (SSSR count). The Morgan fingerprint density at radius 2 is 1.86 bits per heavy atom. The average molecular weight is 288 g/mol. The molecule has 1 aromatic carbocycles. The van der Waals surface area contributed by atoms with Gasteiger partial charge in [0.25, 0.3) is 11.8 Å². The Balaban J connectivity index is 1.86. The van der Waals surface area contributed by atoms with Gasteiger partial charge in [-0.25, -0.2) is 4.39 Å². The van der Waals surface area contributed by atoms with Gasteiger partial charge in [-0.1, -0.05) is 12.1 Å². The Hall–Kier alpha value is -2.89. The smallest absolute Gasteiger partial charge is 0.273 e. The number of aryl methyl sites for hydroxylation is 1. The van der Waals surface area contributed by atoms with Crippen molar-refractivity contribution in [3.8, 4) is 0 Å². The van der Waals surface area contributed by atoms with Gasteiger partial charge in [-0.3, -0.25) is 20.4 Å². The molecule has 1 aromatic heterocycles. The molecule has 21 heavy (non-hydrogen) atoms. The second kappa shape index (κ2) is 6.51. The number of halogens is 1. The van der Waals surface area contributed by atoms with E-state index in [1.54, 1.807) is 6.92 Å². The number of furan rings is 1. The number of nitrogens with one attached hydrogen (secondary N) is 2. The van der Waals surface area contributed by atoms with Crippen LogP contribution in [0.5, 0.6) is 0 Å². The molecular weight excluding hydrogens is 275 g/mol. The molecule has 0 saturated heterocycles. The summed E-state index contributed by atoms with van der Waals surface area (Å²) < 4.78 is 17.7. The molecule has 2 aromatic rings. The number of carbonyl (C=O) groups is 2. The zero-order chi connectivity index (χ0) is 15.2. The average Bonchev–Trinajstić information content (AvgIpc) is 2.90. The van der Waals surface area contributed by atoms with Crippen LogP contribution in [0.1, 0.15) is 21.7 Å². The molecule has 2 amide bonds. The van der Waals surface area contributed by atoms with Crippen LogP contribution in [0.25, 0.3) is 6.08 Å². The Kier molecular flexibility index (Phi) is 4.50. The van der Waals surface area contributed by atoms with Crippen LogP contribution in [0.2, 0.25) is 0 Å². The van der Waals surface area contributed by atoms with Crippen molar-refractivity contribution in [1.82, 2.24) is 10.9 Å². The molecule has 0 spiro atoms. The number of hydrogen-bond donors (Lipinski definition) is 2. The summed E-state index contributed by atoms with van der Waals surface area (Å²) in [7, 11) is 0. The van der Waals surface area contributed by atoms with Gasteiger partial charge in [-0.05, 0) is 36.8 Å². The Labute approximate surface area is 120 Å². The lowest BCUT2D eigenvalue weighted by Crippen LogP contribution is -2.40. The fourth-order valence-corrected chi connectivity index (χ4v) is 1.59. The van der Waals surface area contributed by atoms with Crippen LogP contribution in [0.3, 0.4) is 0 Å². The van der Waals surface area contributed by atoms with E-state index in [-0.39, 0.29) is 5.82 Å². The van der Waals surface area contributed by atoms with Gasteiger partial charge in [0.15, 0.2) is 0 Å². The van der Waals surface area contributed by atoms with Crippen LogP contribution in [-0.4, -0.2) is 11.8 Å². The predicted octanol–water partition coefficient (Wildman–Crippen LogP) is 2.20. The van der Waals surface area contributed by atoms with Gasteiger partial charge in [-0.15, -0.1) is 0 Å². The minimum atomic E-state index is -0.506. The van der Waals surface area contributed by atoms with E-state index in [4.69, 9.17) is 4.42 Å². The van der Waals surface area contributed by atoms with Gasteiger partial charge >= 0.3 is 0 Å². The third-order valence-corrected chi connectivity index (χ3v) is 2.70. The van der Waals surface area contributed by atoms with Crippen molar-refractivity contribution >= 4 is 17.9 Å². The zero-order valence-electron chi connectivity index (χ0n) is 11.2. The van der Waals surface area contributed by atoms with Crippen molar-refractivity contribution in [3.05, 3.63) is 65.4 Å². The molecule has 108 valence electrons. The van der Waals surface area contributed by atoms with Crippen molar-refractivity contribution in [2.75, 3.05) is 0 Å². The van der Waals surface area contributed by atoms with Crippen LogP contribution in [0.4, 0.5) is 4.39 Å². The van der Waals surface area contributed by atoms with Crippen molar-refractivity contribution in [3.63, 3.8) is 0 Å². The number of amides is 2. The highest BCUT2D eigenvalue weighted by Crippen LogP contribution is 2.07. The number of hydrazine groups is 1. The van der Waals surface area contributed by atoms with E-state index < -0.39 is 11.8 Å². The van der Waals surface area contributed by atoms with E-state index in [1.165, 1.54) is 48.7 Å². The maximum atomic E-state index is 12.7. The van der Waals surface area contributed by atoms with E-state index in [2.05, 4.69) is 10.9 Å². The Bertz CT molecular complexity index is 674. The largest absolute Gasteiger partial charge is 0.469 e. The summed E-state index contributed by atoms with van der Waals surface area (Å²) in [4.78, 5) is 23.2. The normalized spacial score (nSPS) is 10.6. The minimum Gasteiger partial charge on any atom is -0.469 e. The van der Waals surface area contributed by atoms with Crippen molar-refractivity contribution < 1.29 is 18.4 Å². The predicted molar refractivity (Wildman–Crippen MR) is 74.5 cm³/mol. The number of carbonyl (C=O) groups excluding carboxylic acids is 2. The van der Waals surface area contributed by atoms with Crippen molar-refractivity contribution in [2.24, 2.45) is 0 Å². The maximum absolute atomic E-state index is 12.7. The topological polar surface area (TPSA) is 71.3 Å². The molecule has 0 bridgehead atoms. The van der Waals surface area contributed by atoms with Crippen LogP contribution < -0.4 is 10.9 Å². The van der Waals surface area contributed by atoms with Gasteiger partial charge < -0.3 is 4.42 Å². The van der Waals surface area contributed by atoms with E-state index in [9.17, 15) is 14.0 Å². The fraction of sp³-hybridized carbons (Fsp3) is 0.0667. The summed E-state index contributed by atoms with van der Waals surface area (Å²) in [5, 5.41) is 0. The van der Waals surface area contributed by atoms with Crippen LogP contribution >= 0.6 is 0 Å². The molecule has 0 radical (unpaired) electrons. The summed E-state index contributed by atoms with van der Waals surface area (Å²) in [5.74, 6) is -0.860. The third-order valence-electron chi connectivity index (χ3n) is 2.70. The third kappa shape index (κ3) is 4.04. The summed E-state index contributed by atoms with van der Waals surface area (Å²) in [6.45, 7) is 1.64. The first-order valence-corrected chi connectivity index (χ1v) is 6.14. The molecule has 0 aliphatic heterocycles. The van der Waals surface area contributed by atoms with Crippen LogP contribution in [-0.2, 0) is 4.79 Å². The highest BCUT2D eigenvalue weighted by molar-refractivity contribution is 5.98. The standard InChI is InChI=1S/C15H13FN2O3/c1-10-13(8-9-21-10)15(20)18-17-14(19)7-4-11-2-5-12(16)6-3-11/h2-9H,1H3,(H,17,19)(H,18,20)/b7-4+. The van der Waals surface area contributed by atoms with Crippen molar-refractivity contribution in [2.45, 2.75) is 6.92 Å². The van der Waals surface area contributed by atoms with Gasteiger partial charge in [0.2, 0.25) is 0 Å². The van der Waals surface area contributed by atoms with Crippen molar-refractivity contribution in [1.29, 1.82) is 0 Å². The lowest BCUT2D eigenvalue weighted by molar-refractivity contribution is -0.117. The lowest BCUT2D eigenvalue weighted by Gasteiger charge is -2.04. The molecule has 0 fully saturated rings. The number of rotatable bonds is 3. The first kappa shape index (κ1) is 14.5. The Morgan fingerprint density at radius 1 is 1.14 bits per heavy atom. The molecular formula is C15H13FN2O3. The maximum Gasteiger partial charge on any atom is 0.273 e. The molecule has 6 heteroatoms. The van der Waals surface area contributed by atoms with E-state index >= 15 is 0 Å².